The number of nitrogens with zero attached hydrogens (tertiary/aromatic N) is 1. The number of halogens is 6. The van der Waals surface area contributed by atoms with Gasteiger partial charge in [-0.05, 0) is 22.6 Å². The van der Waals surface area contributed by atoms with E-state index in [-0.39, 0.29) is 0 Å². The third kappa shape index (κ3) is 2.47. The highest BCUT2D eigenvalue weighted by Gasteiger charge is 2.40. The quantitative estimate of drug-likeness (QED) is 0.484. The van der Waals surface area contributed by atoms with Crippen molar-refractivity contribution < 1.29 is 27.1 Å². The minimum absolute atomic E-state index is 0.479. The van der Waals surface area contributed by atoms with E-state index in [4.69, 9.17) is 5.11 Å². The van der Waals surface area contributed by atoms with E-state index in [2.05, 4.69) is 4.98 Å². The maximum absolute atomic E-state index is 12.3. The predicted molar refractivity (Wildman–Crippen MR) is 48.6 cm³/mol. The summed E-state index contributed by atoms with van der Waals surface area (Å²) in [5.74, 6) is -1.29. The largest absolute Gasteiger partial charge is 0.506 e. The van der Waals surface area contributed by atoms with Gasteiger partial charge < -0.3 is 5.11 Å². The van der Waals surface area contributed by atoms with Crippen molar-refractivity contribution in [2.24, 2.45) is 0 Å². The normalized spacial score (nSPS) is 12.2. The van der Waals surface area contributed by atoms with Crippen LogP contribution in [0.4, 0.5) is 22.0 Å². The van der Waals surface area contributed by atoms with Crippen LogP contribution in [-0.4, -0.2) is 10.1 Å². The molecule has 0 radical (unpaired) electrons. The summed E-state index contributed by atoms with van der Waals surface area (Å²) < 4.78 is 61.2. The number of hydrogen-bond donors (Lipinski definition) is 1. The lowest BCUT2D eigenvalue weighted by molar-refractivity contribution is -0.140. The molecule has 0 fully saturated rings. The molecule has 84 valence electrons. The summed E-state index contributed by atoms with van der Waals surface area (Å²) in [4.78, 5) is 3.23. The van der Waals surface area contributed by atoms with E-state index in [0.29, 0.717) is 6.20 Å². The molecule has 2 nitrogen and oxygen atoms in total. The van der Waals surface area contributed by atoms with Gasteiger partial charge in [0.15, 0.2) is 0 Å². The molecule has 1 rings (SSSR count). The van der Waals surface area contributed by atoms with E-state index in [9.17, 15) is 22.0 Å². The van der Waals surface area contributed by atoms with Crippen LogP contribution in [0.2, 0.25) is 0 Å². The monoisotopic (exact) mass is 339 g/mol. The van der Waals surface area contributed by atoms with Gasteiger partial charge in [0.1, 0.15) is 15.0 Å². The van der Waals surface area contributed by atoms with Gasteiger partial charge in [0.05, 0.1) is 11.8 Å². The maximum atomic E-state index is 12.3. The Bertz CT molecular complexity index is 378. The van der Waals surface area contributed by atoms with E-state index in [1.165, 1.54) is 22.6 Å². The van der Waals surface area contributed by atoms with Crippen LogP contribution < -0.4 is 0 Å². The number of aromatic hydroxyl groups is 1. The molecule has 0 bridgehead atoms. The fraction of sp³-hybridized carbons (Fsp3) is 0.286. The Hall–Kier alpha value is -0.670. The van der Waals surface area contributed by atoms with Crippen LogP contribution in [0.1, 0.15) is 17.6 Å². The third-order valence-electron chi connectivity index (χ3n) is 1.55. The van der Waals surface area contributed by atoms with Crippen molar-refractivity contribution in [3.63, 3.8) is 0 Å². The average molecular weight is 339 g/mol. The first-order chi connectivity index (χ1) is 6.75. The van der Waals surface area contributed by atoms with Crippen molar-refractivity contribution in [3.05, 3.63) is 21.0 Å². The lowest BCUT2D eigenvalue weighted by atomic mass is 10.1. The lowest BCUT2D eigenvalue weighted by Crippen LogP contribution is -2.12. The Morgan fingerprint density at radius 2 is 1.87 bits per heavy atom. The zero-order valence-corrected chi connectivity index (χ0v) is 8.97. The summed E-state index contributed by atoms with van der Waals surface area (Å²) >= 11 is 1.26. The Morgan fingerprint density at radius 3 is 2.20 bits per heavy atom. The van der Waals surface area contributed by atoms with Crippen LogP contribution in [0, 0.1) is 3.70 Å². The maximum Gasteiger partial charge on any atom is 0.420 e. The van der Waals surface area contributed by atoms with Crippen molar-refractivity contribution in [2.75, 3.05) is 0 Å². The van der Waals surface area contributed by atoms with E-state index in [0.717, 1.165) is 0 Å². The summed E-state index contributed by atoms with van der Waals surface area (Å²) in [6, 6.07) is 0. The first kappa shape index (κ1) is 12.4. The smallest absolute Gasteiger partial charge is 0.420 e. The molecule has 0 unspecified atom stereocenters. The molecule has 0 aliphatic rings. The molecule has 0 aromatic carbocycles. The summed E-state index contributed by atoms with van der Waals surface area (Å²) in [6.07, 6.45) is -7.87. The summed E-state index contributed by atoms with van der Waals surface area (Å²) in [7, 11) is 0. The Kier molecular flexibility index (Phi) is 3.36. The Balaban J connectivity index is 3.53. The SMILES string of the molecule is Oc1cnc(I)c(C(F)F)c1C(F)(F)F. The standard InChI is InChI=1S/C7H3F5INO/c8-5(9)3-4(7(10,11)12)2(15)1-14-6(3)13/h1,5,15H. The Labute approximate surface area is 94.3 Å². The molecule has 1 N–H and O–H groups in total. The van der Waals surface area contributed by atoms with Crippen molar-refractivity contribution >= 4 is 22.6 Å². The second kappa shape index (κ2) is 4.06. The minimum atomic E-state index is -5.03. The van der Waals surface area contributed by atoms with Gasteiger partial charge >= 0.3 is 6.18 Å². The predicted octanol–water partition coefficient (Wildman–Crippen LogP) is 3.35. The molecule has 0 amide bonds. The number of alkyl halides is 5. The van der Waals surface area contributed by atoms with E-state index in [1.54, 1.807) is 0 Å². The lowest BCUT2D eigenvalue weighted by Gasteiger charge is -2.14. The van der Waals surface area contributed by atoms with Crippen molar-refractivity contribution in [1.29, 1.82) is 0 Å². The number of aromatic nitrogens is 1. The van der Waals surface area contributed by atoms with Crippen LogP contribution >= 0.6 is 22.6 Å². The van der Waals surface area contributed by atoms with E-state index in [1.807, 2.05) is 0 Å². The van der Waals surface area contributed by atoms with Gasteiger partial charge in [0.2, 0.25) is 0 Å². The zero-order valence-electron chi connectivity index (χ0n) is 6.82. The van der Waals surface area contributed by atoms with E-state index < -0.39 is 33.2 Å². The van der Waals surface area contributed by atoms with Gasteiger partial charge in [0, 0.05) is 0 Å². The van der Waals surface area contributed by atoms with Crippen molar-refractivity contribution in [1.82, 2.24) is 4.98 Å². The first-order valence-corrected chi connectivity index (χ1v) is 4.55. The van der Waals surface area contributed by atoms with E-state index >= 15 is 0 Å². The van der Waals surface area contributed by atoms with Crippen molar-refractivity contribution in [2.45, 2.75) is 12.6 Å². The molecule has 0 aliphatic heterocycles. The summed E-state index contributed by atoms with van der Waals surface area (Å²) in [5.41, 5.74) is -3.01. The molecule has 0 saturated heterocycles. The number of hydrogen-bond acceptors (Lipinski definition) is 2. The van der Waals surface area contributed by atoms with Gasteiger partial charge in [0.25, 0.3) is 6.43 Å². The topological polar surface area (TPSA) is 33.1 Å². The van der Waals surface area contributed by atoms with Crippen LogP contribution in [0.5, 0.6) is 5.75 Å². The fourth-order valence-corrected chi connectivity index (χ4v) is 1.63. The molecule has 1 aromatic rings. The number of pyridine rings is 1. The average Bonchev–Trinajstić information content (AvgIpc) is 2.05. The summed E-state index contributed by atoms with van der Waals surface area (Å²) in [5, 5.41) is 8.88. The molecule has 1 heterocycles. The molecular weight excluding hydrogens is 336 g/mol. The highest BCUT2D eigenvalue weighted by atomic mass is 127. The fourth-order valence-electron chi connectivity index (χ4n) is 0.990. The highest BCUT2D eigenvalue weighted by Crippen LogP contribution is 2.42. The third-order valence-corrected chi connectivity index (χ3v) is 2.41. The van der Waals surface area contributed by atoms with Gasteiger partial charge in [-0.15, -0.1) is 0 Å². The molecule has 0 saturated carbocycles. The molecule has 0 atom stereocenters. The molecule has 0 spiro atoms. The second-order valence-corrected chi connectivity index (χ2v) is 3.54. The van der Waals surface area contributed by atoms with Gasteiger partial charge in [-0.1, -0.05) is 0 Å². The van der Waals surface area contributed by atoms with Crippen LogP contribution in [0.3, 0.4) is 0 Å². The number of rotatable bonds is 1. The summed E-state index contributed by atoms with van der Waals surface area (Å²) in [6.45, 7) is 0. The Morgan fingerprint density at radius 1 is 1.33 bits per heavy atom. The molecule has 0 aliphatic carbocycles. The van der Waals surface area contributed by atoms with Crippen LogP contribution in [0.25, 0.3) is 0 Å². The minimum Gasteiger partial charge on any atom is -0.506 e. The second-order valence-electron chi connectivity index (χ2n) is 2.52. The van der Waals surface area contributed by atoms with Gasteiger partial charge in [-0.2, -0.15) is 13.2 Å². The molecule has 15 heavy (non-hydrogen) atoms. The molecule has 8 heteroatoms. The van der Waals surface area contributed by atoms with Gasteiger partial charge in [-0.25, -0.2) is 13.8 Å². The van der Waals surface area contributed by atoms with Crippen molar-refractivity contribution in [3.8, 4) is 5.75 Å². The van der Waals surface area contributed by atoms with Crippen LogP contribution in [0.15, 0.2) is 6.20 Å². The zero-order chi connectivity index (χ0) is 11.8. The van der Waals surface area contributed by atoms with Crippen LogP contribution in [-0.2, 0) is 6.18 Å². The van der Waals surface area contributed by atoms with Gasteiger partial charge in [-0.3, -0.25) is 0 Å². The first-order valence-electron chi connectivity index (χ1n) is 3.48. The molecule has 1 aromatic heterocycles. The highest BCUT2D eigenvalue weighted by molar-refractivity contribution is 14.1. The molecular formula is C7H3F5INO.